The van der Waals surface area contributed by atoms with Crippen LogP contribution in [0.2, 0.25) is 0 Å². The highest BCUT2D eigenvalue weighted by molar-refractivity contribution is 5.45. The molecule has 0 bridgehead atoms. The zero-order valence-electron chi connectivity index (χ0n) is 17.0. The van der Waals surface area contributed by atoms with Gasteiger partial charge in [0.15, 0.2) is 0 Å². The lowest BCUT2D eigenvalue weighted by atomic mass is 9.90. The Hall–Kier alpha value is -2.81. The van der Waals surface area contributed by atoms with Crippen molar-refractivity contribution in [1.82, 2.24) is 4.98 Å². The van der Waals surface area contributed by atoms with Crippen molar-refractivity contribution in [3.63, 3.8) is 0 Å². The number of rotatable bonds is 8. The maximum atomic E-state index is 6.21. The van der Waals surface area contributed by atoms with Crippen molar-refractivity contribution in [3.05, 3.63) is 89.7 Å². The van der Waals surface area contributed by atoms with Crippen LogP contribution in [-0.2, 0) is 13.0 Å². The van der Waals surface area contributed by atoms with E-state index in [1.165, 1.54) is 48.8 Å². The SMILES string of the molecule is c1ccc(Cc2cc(OCC3CCCCC3)ccc2CNc2ccncc2)cc1. The molecule has 0 radical (unpaired) electrons. The van der Waals surface area contributed by atoms with Crippen LogP contribution in [0.5, 0.6) is 5.75 Å². The van der Waals surface area contributed by atoms with Gasteiger partial charge in [-0.25, -0.2) is 0 Å². The standard InChI is InChI=1S/C26H30N2O/c1-3-7-21(8-4-1)17-24-18-26(29-20-22-9-5-2-6-10-22)12-11-23(24)19-28-25-13-15-27-16-14-25/h1,3-4,7-8,11-16,18,22H,2,5-6,9-10,17,19-20H2,(H,27,28). The van der Waals surface area contributed by atoms with Crippen molar-refractivity contribution in [2.45, 2.75) is 45.1 Å². The van der Waals surface area contributed by atoms with Crippen LogP contribution in [0.4, 0.5) is 5.69 Å². The van der Waals surface area contributed by atoms with Gasteiger partial charge in [-0.2, -0.15) is 0 Å². The minimum atomic E-state index is 0.717. The maximum Gasteiger partial charge on any atom is 0.119 e. The van der Waals surface area contributed by atoms with Crippen LogP contribution in [0.15, 0.2) is 73.1 Å². The smallest absolute Gasteiger partial charge is 0.119 e. The van der Waals surface area contributed by atoms with Gasteiger partial charge < -0.3 is 10.1 Å². The van der Waals surface area contributed by atoms with Crippen molar-refractivity contribution in [2.75, 3.05) is 11.9 Å². The molecule has 1 heterocycles. The first-order valence-electron chi connectivity index (χ1n) is 10.8. The zero-order chi connectivity index (χ0) is 19.7. The van der Waals surface area contributed by atoms with Gasteiger partial charge in [0.1, 0.15) is 5.75 Å². The fraction of sp³-hybridized carbons (Fsp3) is 0.346. The van der Waals surface area contributed by atoms with Gasteiger partial charge in [-0.1, -0.05) is 55.7 Å². The molecule has 1 N–H and O–H groups in total. The fourth-order valence-electron chi connectivity index (χ4n) is 4.08. The molecule has 0 aliphatic heterocycles. The van der Waals surface area contributed by atoms with Crippen molar-refractivity contribution in [3.8, 4) is 5.75 Å². The van der Waals surface area contributed by atoms with Crippen LogP contribution in [0, 0.1) is 5.92 Å². The Kier molecular flexibility index (Phi) is 6.80. The Labute approximate surface area is 174 Å². The molecule has 1 saturated carbocycles. The van der Waals surface area contributed by atoms with Crippen LogP contribution in [0.3, 0.4) is 0 Å². The molecule has 150 valence electrons. The second-order valence-corrected chi connectivity index (χ2v) is 8.00. The third-order valence-corrected chi connectivity index (χ3v) is 5.79. The van der Waals surface area contributed by atoms with Crippen molar-refractivity contribution in [1.29, 1.82) is 0 Å². The van der Waals surface area contributed by atoms with Gasteiger partial charge >= 0.3 is 0 Å². The fourth-order valence-corrected chi connectivity index (χ4v) is 4.08. The van der Waals surface area contributed by atoms with Crippen molar-refractivity contribution < 1.29 is 4.74 Å². The molecule has 2 aromatic carbocycles. The average Bonchev–Trinajstić information content (AvgIpc) is 2.79. The molecular weight excluding hydrogens is 356 g/mol. The molecule has 1 aromatic heterocycles. The third kappa shape index (κ3) is 5.83. The van der Waals surface area contributed by atoms with Gasteiger partial charge in [-0.15, -0.1) is 0 Å². The lowest BCUT2D eigenvalue weighted by Crippen LogP contribution is -2.15. The summed E-state index contributed by atoms with van der Waals surface area (Å²) in [5.41, 5.74) is 5.03. The highest BCUT2D eigenvalue weighted by Crippen LogP contribution is 2.26. The number of hydrogen-bond donors (Lipinski definition) is 1. The largest absolute Gasteiger partial charge is 0.493 e. The van der Waals surface area contributed by atoms with E-state index in [0.717, 1.165) is 31.0 Å². The van der Waals surface area contributed by atoms with Gasteiger partial charge in [0.05, 0.1) is 6.61 Å². The summed E-state index contributed by atoms with van der Waals surface area (Å²) >= 11 is 0. The molecule has 3 aromatic rings. The summed E-state index contributed by atoms with van der Waals surface area (Å²) in [5, 5.41) is 3.51. The topological polar surface area (TPSA) is 34.1 Å². The predicted octanol–water partition coefficient (Wildman–Crippen LogP) is 6.24. The van der Waals surface area contributed by atoms with Gasteiger partial charge in [0.25, 0.3) is 0 Å². The molecule has 0 unspecified atom stereocenters. The number of anilines is 1. The summed E-state index contributed by atoms with van der Waals surface area (Å²) in [6.07, 6.45) is 11.3. The first-order valence-corrected chi connectivity index (χ1v) is 10.8. The number of ether oxygens (including phenoxy) is 1. The molecule has 4 rings (SSSR count). The summed E-state index contributed by atoms with van der Waals surface area (Å²) < 4.78 is 6.21. The quantitative estimate of drug-likeness (QED) is 0.497. The second kappa shape index (κ2) is 10.1. The Morgan fingerprint density at radius 3 is 2.45 bits per heavy atom. The van der Waals surface area contributed by atoms with Crippen LogP contribution in [0.1, 0.15) is 48.8 Å². The van der Waals surface area contributed by atoms with Gasteiger partial charge in [-0.05, 0) is 66.1 Å². The maximum absolute atomic E-state index is 6.21. The number of benzene rings is 2. The summed E-state index contributed by atoms with van der Waals surface area (Å²) in [6, 6.07) is 21.2. The third-order valence-electron chi connectivity index (χ3n) is 5.79. The Morgan fingerprint density at radius 2 is 1.66 bits per heavy atom. The molecule has 3 heteroatoms. The Balaban J connectivity index is 1.48. The molecule has 0 saturated heterocycles. The molecule has 0 spiro atoms. The van der Waals surface area contributed by atoms with E-state index in [4.69, 9.17) is 4.74 Å². The lowest BCUT2D eigenvalue weighted by molar-refractivity contribution is 0.208. The van der Waals surface area contributed by atoms with E-state index in [9.17, 15) is 0 Å². The van der Waals surface area contributed by atoms with E-state index in [0.29, 0.717) is 5.92 Å². The van der Waals surface area contributed by atoms with Crippen LogP contribution >= 0.6 is 0 Å². The van der Waals surface area contributed by atoms with E-state index in [-0.39, 0.29) is 0 Å². The minimum absolute atomic E-state index is 0.717. The average molecular weight is 387 g/mol. The molecule has 29 heavy (non-hydrogen) atoms. The van der Waals surface area contributed by atoms with E-state index in [1.807, 2.05) is 24.5 Å². The van der Waals surface area contributed by atoms with E-state index < -0.39 is 0 Å². The van der Waals surface area contributed by atoms with Gasteiger partial charge in [0, 0.05) is 24.6 Å². The summed E-state index contributed by atoms with van der Waals surface area (Å²) in [4.78, 5) is 4.09. The Morgan fingerprint density at radius 1 is 0.862 bits per heavy atom. The highest BCUT2D eigenvalue weighted by atomic mass is 16.5. The summed E-state index contributed by atoms with van der Waals surface area (Å²) in [6.45, 7) is 1.63. The molecule has 0 atom stereocenters. The van der Waals surface area contributed by atoms with Gasteiger partial charge in [-0.3, -0.25) is 4.98 Å². The predicted molar refractivity (Wildman–Crippen MR) is 119 cm³/mol. The van der Waals surface area contributed by atoms with E-state index in [1.54, 1.807) is 0 Å². The summed E-state index contributed by atoms with van der Waals surface area (Å²) in [5.74, 6) is 1.71. The normalized spacial score (nSPS) is 14.5. The monoisotopic (exact) mass is 386 g/mol. The van der Waals surface area contributed by atoms with E-state index in [2.05, 4.69) is 58.8 Å². The minimum Gasteiger partial charge on any atom is -0.493 e. The van der Waals surface area contributed by atoms with Crippen LogP contribution in [-0.4, -0.2) is 11.6 Å². The van der Waals surface area contributed by atoms with Crippen molar-refractivity contribution >= 4 is 5.69 Å². The molecule has 1 fully saturated rings. The summed E-state index contributed by atoms with van der Waals surface area (Å²) in [7, 11) is 0. The van der Waals surface area contributed by atoms with Crippen molar-refractivity contribution in [2.24, 2.45) is 5.92 Å². The first-order chi connectivity index (χ1) is 14.4. The van der Waals surface area contributed by atoms with Gasteiger partial charge in [0.2, 0.25) is 0 Å². The molecule has 0 amide bonds. The number of nitrogens with one attached hydrogen (secondary N) is 1. The van der Waals surface area contributed by atoms with Crippen LogP contribution in [0.25, 0.3) is 0 Å². The second-order valence-electron chi connectivity index (χ2n) is 8.00. The highest BCUT2D eigenvalue weighted by Gasteiger charge is 2.14. The molecule has 1 aliphatic carbocycles. The molecule has 1 aliphatic rings. The Bertz CT molecular complexity index is 874. The number of hydrogen-bond acceptors (Lipinski definition) is 3. The first kappa shape index (κ1) is 19.5. The van der Waals surface area contributed by atoms with Crippen LogP contribution < -0.4 is 10.1 Å². The molecule has 3 nitrogen and oxygen atoms in total. The number of aromatic nitrogens is 1. The molecular formula is C26H30N2O. The van der Waals surface area contributed by atoms with E-state index >= 15 is 0 Å². The lowest BCUT2D eigenvalue weighted by Gasteiger charge is -2.22. The number of pyridine rings is 1. The zero-order valence-corrected chi connectivity index (χ0v) is 17.0. The number of nitrogens with zero attached hydrogens (tertiary/aromatic N) is 1.